The van der Waals surface area contributed by atoms with E-state index in [2.05, 4.69) is 237 Å². The van der Waals surface area contributed by atoms with E-state index in [0.29, 0.717) is 0 Å². The van der Waals surface area contributed by atoms with Crippen LogP contribution in [0.1, 0.15) is 105 Å². The molecule has 0 aliphatic carbocycles. The van der Waals surface area contributed by atoms with E-state index in [1.54, 1.807) is 0 Å². The normalized spacial score (nSPS) is 13.7. The van der Waals surface area contributed by atoms with Crippen LogP contribution in [0.2, 0.25) is 0 Å². The van der Waals surface area contributed by atoms with E-state index >= 15 is 0 Å². The molecule has 0 saturated carbocycles. The Hall–Kier alpha value is -6.98. The van der Waals surface area contributed by atoms with Crippen LogP contribution in [0, 0.1) is 0 Å². The number of aromatic nitrogens is 2. The summed E-state index contributed by atoms with van der Waals surface area (Å²) in [7, 11) is 0. The first kappa shape index (κ1) is 44.5. The number of nitrogens with zero attached hydrogens (tertiary/aromatic N) is 2. The number of hydrogen-bond donors (Lipinski definition) is 0. The summed E-state index contributed by atoms with van der Waals surface area (Å²) in [4.78, 5) is 0. The zero-order chi connectivity index (χ0) is 50.9. The molecule has 0 saturated heterocycles. The van der Waals surface area contributed by atoms with Gasteiger partial charge in [-0.25, -0.2) is 0 Å². The predicted octanol–water partition coefficient (Wildman–Crippen LogP) is 21.2. The first-order valence-corrected chi connectivity index (χ1v) is 28.2. The van der Waals surface area contributed by atoms with Gasteiger partial charge in [0.25, 0.3) is 0 Å². The van der Waals surface area contributed by atoms with Gasteiger partial charge in [-0.2, -0.15) is 0 Å². The van der Waals surface area contributed by atoms with Gasteiger partial charge in [0.2, 0.25) is 0 Å². The zero-order valence-corrected chi connectivity index (χ0v) is 46.2. The van der Waals surface area contributed by atoms with Crippen LogP contribution >= 0.6 is 22.7 Å². The minimum Gasteiger partial charge on any atom is -0.308 e. The molecule has 15 rings (SSSR count). The van der Waals surface area contributed by atoms with E-state index in [1.165, 1.54) is 161 Å². The van der Waals surface area contributed by atoms with Gasteiger partial charge in [-0.3, -0.25) is 0 Å². The van der Waals surface area contributed by atoms with Gasteiger partial charge >= 0.3 is 0 Å². The molecule has 0 N–H and O–H groups in total. The lowest BCUT2D eigenvalue weighted by Crippen LogP contribution is -2.16. The minimum atomic E-state index is 0.0155. The monoisotopic (exact) mass is 992 g/mol. The maximum Gasteiger partial charge on any atom is 0.0635 e. The lowest BCUT2D eigenvalue weighted by molar-refractivity contribution is 0.568. The largest absolute Gasteiger partial charge is 0.308 e. The highest BCUT2D eigenvalue weighted by Crippen LogP contribution is 2.52. The molecule has 0 amide bonds. The standard InChI is InChI=1S/C70H60N2S2/c1-67(2,3)41-25-39(26-42(31-41)68(4,5)6)37-21-23-47-55(29-37)71-57-35-50-52-34-54-46-18-14-16-20-60(46)74-66(54)62-48-24-22-38(40-27-43(69(7,8)9)32-44(28-40)70(10,11)12)30-56(48)72(64(52)62)58(50)36-49(57)51-33-53-45-17-13-15-19-59(45)73-65(53)61(47)63(51)71/h13-36H,1-12H3. The lowest BCUT2D eigenvalue weighted by Gasteiger charge is -2.26. The first-order chi connectivity index (χ1) is 35.2. The van der Waals surface area contributed by atoms with Crippen LogP contribution in [0.25, 0.3) is 139 Å². The van der Waals surface area contributed by atoms with E-state index in [-0.39, 0.29) is 21.7 Å². The number of benzene rings is 9. The second-order valence-corrected chi connectivity index (χ2v) is 28.0. The van der Waals surface area contributed by atoms with Gasteiger partial charge in [0.1, 0.15) is 0 Å². The van der Waals surface area contributed by atoms with Gasteiger partial charge in [-0.1, -0.05) is 180 Å². The van der Waals surface area contributed by atoms with Gasteiger partial charge in [0.15, 0.2) is 0 Å². The van der Waals surface area contributed by atoms with Crippen LogP contribution in [-0.2, 0) is 21.7 Å². The Morgan fingerprint density at radius 2 is 0.635 bits per heavy atom. The SMILES string of the molecule is CC(C)(C)c1cc(-c2ccc3c4c5sc6ccccc6c5cc5c6cc7c(cc6n(c3c2)c54)c2cc3c4ccccc4sc3c3c4ccc(-c5cc(C(C)(C)C)cc(C(C)(C)C)c5)cc4n7c23)cc(C(C)(C)C)c1. The van der Waals surface area contributed by atoms with Crippen LogP contribution in [0.15, 0.2) is 146 Å². The van der Waals surface area contributed by atoms with E-state index in [1.807, 2.05) is 22.7 Å². The lowest BCUT2D eigenvalue weighted by atomic mass is 9.79. The number of hydrogen-bond acceptors (Lipinski definition) is 2. The Morgan fingerprint density at radius 1 is 0.284 bits per heavy atom. The maximum atomic E-state index is 2.65. The van der Waals surface area contributed by atoms with E-state index in [9.17, 15) is 0 Å². The molecule has 6 heterocycles. The van der Waals surface area contributed by atoms with Crippen molar-refractivity contribution < 1.29 is 0 Å². The van der Waals surface area contributed by atoms with Crippen molar-refractivity contribution in [2.24, 2.45) is 0 Å². The third-order valence-corrected chi connectivity index (χ3v) is 19.3. The Morgan fingerprint density at radius 3 is 1.00 bits per heavy atom. The van der Waals surface area contributed by atoms with Crippen LogP contribution < -0.4 is 0 Å². The average molecular weight is 993 g/mol. The molecule has 0 aliphatic rings. The molecular weight excluding hydrogens is 933 g/mol. The minimum absolute atomic E-state index is 0.0155. The predicted molar refractivity (Wildman–Crippen MR) is 327 cm³/mol. The fourth-order valence-corrected chi connectivity index (χ4v) is 15.2. The summed E-state index contributed by atoms with van der Waals surface area (Å²) in [6.07, 6.45) is 0. The molecule has 15 aromatic rings. The maximum absolute atomic E-state index is 2.65. The molecule has 0 aliphatic heterocycles. The molecule has 0 bridgehead atoms. The van der Waals surface area contributed by atoms with Crippen LogP contribution in [-0.4, -0.2) is 8.80 Å². The van der Waals surface area contributed by atoms with Crippen LogP contribution in [0.4, 0.5) is 0 Å². The fraction of sp³-hybridized carbons (Fsp3) is 0.229. The third kappa shape index (κ3) is 6.10. The first-order valence-electron chi connectivity index (χ1n) is 26.6. The second kappa shape index (κ2) is 14.4. The molecule has 0 radical (unpaired) electrons. The van der Waals surface area contributed by atoms with Crippen molar-refractivity contribution in [3.05, 3.63) is 168 Å². The van der Waals surface area contributed by atoms with Gasteiger partial charge in [-0.05, 0) is 115 Å². The Labute approximate surface area is 440 Å². The van der Waals surface area contributed by atoms with Gasteiger partial charge in [0, 0.05) is 83.4 Å². The molecule has 0 unspecified atom stereocenters. The van der Waals surface area contributed by atoms with Crippen molar-refractivity contribution in [2.45, 2.75) is 105 Å². The molecular formula is C70H60N2S2. The second-order valence-electron chi connectivity index (χ2n) is 25.9. The number of fused-ring (bicyclic) bond motifs is 20. The van der Waals surface area contributed by atoms with Gasteiger partial charge < -0.3 is 8.80 Å². The highest BCUT2D eigenvalue weighted by atomic mass is 32.1. The van der Waals surface area contributed by atoms with Crippen molar-refractivity contribution in [3.63, 3.8) is 0 Å². The summed E-state index contributed by atoms with van der Waals surface area (Å²) in [5.74, 6) is 0. The fourth-order valence-electron chi connectivity index (χ4n) is 12.7. The molecule has 0 fully saturated rings. The smallest absolute Gasteiger partial charge is 0.0635 e. The van der Waals surface area contributed by atoms with Gasteiger partial charge in [0.05, 0.1) is 33.1 Å². The molecule has 0 atom stereocenters. The topological polar surface area (TPSA) is 8.82 Å². The van der Waals surface area contributed by atoms with Crippen molar-refractivity contribution in [2.75, 3.05) is 0 Å². The molecule has 4 heteroatoms. The molecule has 9 aromatic carbocycles. The summed E-state index contributed by atoms with van der Waals surface area (Å²) in [6, 6.07) is 57.6. The van der Waals surface area contributed by atoms with Crippen LogP contribution in [0.5, 0.6) is 0 Å². The number of rotatable bonds is 2. The summed E-state index contributed by atoms with van der Waals surface area (Å²) >= 11 is 3.89. The van der Waals surface area contributed by atoms with Gasteiger partial charge in [-0.15, -0.1) is 22.7 Å². The Bertz CT molecular complexity index is 4540. The van der Waals surface area contributed by atoms with Crippen molar-refractivity contribution in [1.82, 2.24) is 8.80 Å². The van der Waals surface area contributed by atoms with Crippen molar-refractivity contribution in [3.8, 4) is 22.3 Å². The van der Waals surface area contributed by atoms with E-state index in [0.717, 1.165) is 0 Å². The third-order valence-electron chi connectivity index (χ3n) is 16.9. The van der Waals surface area contributed by atoms with E-state index < -0.39 is 0 Å². The van der Waals surface area contributed by atoms with Crippen LogP contribution in [0.3, 0.4) is 0 Å². The number of thiophene rings is 2. The Kier molecular flexibility index (Phi) is 8.68. The van der Waals surface area contributed by atoms with Crippen molar-refractivity contribution >= 4 is 139 Å². The van der Waals surface area contributed by atoms with E-state index in [4.69, 9.17) is 0 Å². The summed E-state index contributed by atoms with van der Waals surface area (Å²) < 4.78 is 10.7. The molecule has 74 heavy (non-hydrogen) atoms. The molecule has 0 spiro atoms. The summed E-state index contributed by atoms with van der Waals surface area (Å²) in [5.41, 5.74) is 18.4. The quantitative estimate of drug-likeness (QED) is 0.163. The average Bonchev–Trinajstić information content (AvgIpc) is 4.24. The highest BCUT2D eigenvalue weighted by molar-refractivity contribution is 7.27. The van der Waals surface area contributed by atoms with Crippen molar-refractivity contribution in [1.29, 1.82) is 0 Å². The summed E-state index contributed by atoms with van der Waals surface area (Å²) in [6.45, 7) is 28.1. The zero-order valence-electron chi connectivity index (χ0n) is 44.6. The molecule has 6 aromatic heterocycles. The summed E-state index contributed by atoms with van der Waals surface area (Å²) in [5, 5.41) is 16.0. The highest BCUT2D eigenvalue weighted by Gasteiger charge is 2.29. The molecule has 362 valence electrons. The Balaban J connectivity index is 1.09. The molecule has 2 nitrogen and oxygen atoms in total.